The maximum Gasteiger partial charge on any atom is 0.238 e. The molecule has 8 heteroatoms. The van der Waals surface area contributed by atoms with Gasteiger partial charge in [-0.3, -0.25) is 0 Å². The second kappa shape index (κ2) is 7.84. The van der Waals surface area contributed by atoms with Crippen LogP contribution in [-0.2, 0) is 21.4 Å². The van der Waals surface area contributed by atoms with Gasteiger partial charge in [-0.2, -0.15) is 0 Å². The van der Waals surface area contributed by atoms with Gasteiger partial charge in [0.25, 0.3) is 0 Å². The average molecular weight is 402 g/mol. The average Bonchev–Trinajstić information content (AvgIpc) is 3.04. The standard InChI is InChI=1S/C20H22N2O5S/c1-20(2,23)13-26-12-17-18(14-8-10-16(11-9-14)28(21,24)25)19(22-27-17)15-6-4-3-5-7-15/h3-11,23H,12-13H2,1-2H3,(H2,21,24,25). The summed E-state index contributed by atoms with van der Waals surface area (Å²) >= 11 is 0. The van der Waals surface area contributed by atoms with Gasteiger partial charge >= 0.3 is 0 Å². The first-order valence-corrected chi connectivity index (χ1v) is 10.2. The van der Waals surface area contributed by atoms with E-state index in [4.69, 9.17) is 14.4 Å². The number of nitrogens with zero attached hydrogens (tertiary/aromatic N) is 1. The molecular weight excluding hydrogens is 380 g/mol. The maximum absolute atomic E-state index is 11.5. The van der Waals surface area contributed by atoms with Gasteiger partial charge in [0, 0.05) is 5.56 Å². The number of rotatable bonds is 7. The van der Waals surface area contributed by atoms with E-state index >= 15 is 0 Å². The molecule has 0 atom stereocenters. The molecule has 0 saturated carbocycles. The molecule has 0 aliphatic carbocycles. The molecule has 3 aromatic rings. The SMILES string of the molecule is CC(C)(O)COCc1onc(-c2ccccc2)c1-c1ccc(S(N)(=O)=O)cc1. The second-order valence-corrected chi connectivity index (χ2v) is 8.63. The van der Waals surface area contributed by atoms with Crippen molar-refractivity contribution in [3.8, 4) is 22.4 Å². The van der Waals surface area contributed by atoms with Crippen molar-refractivity contribution in [2.75, 3.05) is 6.61 Å². The maximum atomic E-state index is 11.5. The van der Waals surface area contributed by atoms with E-state index in [1.165, 1.54) is 12.1 Å². The lowest BCUT2D eigenvalue weighted by molar-refractivity contribution is -0.0314. The van der Waals surface area contributed by atoms with Crippen molar-refractivity contribution in [1.29, 1.82) is 0 Å². The lowest BCUT2D eigenvalue weighted by Gasteiger charge is -2.16. The summed E-state index contributed by atoms with van der Waals surface area (Å²) in [6.07, 6.45) is 0. The minimum absolute atomic E-state index is 0.0220. The minimum Gasteiger partial charge on any atom is -0.388 e. The van der Waals surface area contributed by atoms with Crippen LogP contribution >= 0.6 is 0 Å². The highest BCUT2D eigenvalue weighted by Gasteiger charge is 2.21. The van der Waals surface area contributed by atoms with E-state index in [0.717, 1.165) is 11.1 Å². The number of sulfonamides is 1. The Bertz CT molecular complexity index is 1040. The van der Waals surface area contributed by atoms with Gasteiger partial charge in [0.15, 0.2) is 5.76 Å². The summed E-state index contributed by atoms with van der Waals surface area (Å²) in [5, 5.41) is 19.2. The van der Waals surface area contributed by atoms with Gasteiger partial charge in [0.05, 0.1) is 22.7 Å². The van der Waals surface area contributed by atoms with Crippen LogP contribution in [0.5, 0.6) is 0 Å². The number of benzene rings is 2. The molecule has 2 aromatic carbocycles. The predicted molar refractivity (Wildman–Crippen MR) is 105 cm³/mol. The zero-order valence-corrected chi connectivity index (χ0v) is 16.4. The minimum atomic E-state index is -3.78. The quantitative estimate of drug-likeness (QED) is 0.628. The molecule has 0 spiro atoms. The van der Waals surface area contributed by atoms with Crippen LogP contribution in [0.25, 0.3) is 22.4 Å². The molecule has 3 N–H and O–H groups in total. The number of ether oxygens (including phenoxy) is 1. The Kier molecular flexibility index (Phi) is 5.66. The Balaban J connectivity index is 2.02. The Morgan fingerprint density at radius 3 is 2.29 bits per heavy atom. The zero-order chi connectivity index (χ0) is 20.4. The molecule has 3 rings (SSSR count). The van der Waals surface area contributed by atoms with Gasteiger partial charge in [0.1, 0.15) is 12.3 Å². The Hall–Kier alpha value is -2.52. The van der Waals surface area contributed by atoms with Crippen LogP contribution < -0.4 is 5.14 Å². The van der Waals surface area contributed by atoms with Crippen molar-refractivity contribution in [3.63, 3.8) is 0 Å². The molecule has 0 unspecified atom stereocenters. The summed E-state index contributed by atoms with van der Waals surface area (Å²) in [6.45, 7) is 3.53. The van der Waals surface area contributed by atoms with Gasteiger partial charge in [0.2, 0.25) is 10.0 Å². The van der Waals surface area contributed by atoms with Crippen molar-refractivity contribution in [2.45, 2.75) is 31.0 Å². The molecule has 1 aromatic heterocycles. The van der Waals surface area contributed by atoms with Gasteiger partial charge in [-0.1, -0.05) is 47.6 Å². The molecule has 0 bridgehead atoms. The summed E-state index contributed by atoms with van der Waals surface area (Å²) in [4.78, 5) is 0.0220. The van der Waals surface area contributed by atoms with Crippen LogP contribution in [0.4, 0.5) is 0 Å². The highest BCUT2D eigenvalue weighted by molar-refractivity contribution is 7.89. The lowest BCUT2D eigenvalue weighted by atomic mass is 9.99. The smallest absolute Gasteiger partial charge is 0.238 e. The van der Waals surface area contributed by atoms with Crippen molar-refractivity contribution in [3.05, 3.63) is 60.4 Å². The fourth-order valence-electron chi connectivity index (χ4n) is 2.72. The van der Waals surface area contributed by atoms with Crippen LogP contribution in [0.15, 0.2) is 64.0 Å². The summed E-state index contributed by atoms with van der Waals surface area (Å²) in [6, 6.07) is 15.7. The number of nitrogens with two attached hydrogens (primary N) is 1. The third kappa shape index (κ3) is 4.85. The molecule has 148 valence electrons. The summed E-state index contributed by atoms with van der Waals surface area (Å²) in [7, 11) is -3.78. The number of hydrogen-bond acceptors (Lipinski definition) is 6. The van der Waals surface area contributed by atoms with Crippen LogP contribution in [0, 0.1) is 0 Å². The van der Waals surface area contributed by atoms with Gasteiger partial charge in [-0.15, -0.1) is 0 Å². The first-order chi connectivity index (χ1) is 13.1. The lowest BCUT2D eigenvalue weighted by Crippen LogP contribution is -2.25. The molecule has 0 radical (unpaired) electrons. The molecule has 28 heavy (non-hydrogen) atoms. The molecule has 0 saturated heterocycles. The first kappa shape index (κ1) is 20.2. The Labute approximate surface area is 163 Å². The van der Waals surface area contributed by atoms with Gasteiger partial charge in [-0.05, 0) is 31.5 Å². The number of aliphatic hydroxyl groups is 1. The molecule has 7 nitrogen and oxygen atoms in total. The topological polar surface area (TPSA) is 116 Å². The molecule has 1 heterocycles. The molecule has 0 amide bonds. The molecule has 0 fully saturated rings. The van der Waals surface area contributed by atoms with Crippen molar-refractivity contribution in [1.82, 2.24) is 5.16 Å². The number of aromatic nitrogens is 1. The van der Waals surface area contributed by atoms with Gasteiger partial charge in [-0.25, -0.2) is 13.6 Å². The van der Waals surface area contributed by atoms with E-state index in [2.05, 4.69) is 5.16 Å². The summed E-state index contributed by atoms with van der Waals surface area (Å²) < 4.78 is 34.1. The first-order valence-electron chi connectivity index (χ1n) is 8.62. The van der Waals surface area contributed by atoms with E-state index in [9.17, 15) is 13.5 Å². The highest BCUT2D eigenvalue weighted by Crippen LogP contribution is 2.35. The van der Waals surface area contributed by atoms with E-state index in [1.54, 1.807) is 26.0 Å². The summed E-state index contributed by atoms with van der Waals surface area (Å²) in [5.74, 6) is 0.478. The third-order valence-electron chi connectivity index (χ3n) is 3.97. The van der Waals surface area contributed by atoms with Crippen LogP contribution in [0.3, 0.4) is 0 Å². The van der Waals surface area contributed by atoms with Crippen LogP contribution in [0.1, 0.15) is 19.6 Å². The third-order valence-corrected chi connectivity index (χ3v) is 4.90. The highest BCUT2D eigenvalue weighted by atomic mass is 32.2. The summed E-state index contributed by atoms with van der Waals surface area (Å²) in [5.41, 5.74) is 1.91. The molecule has 0 aliphatic rings. The predicted octanol–water partition coefficient (Wildman–Crippen LogP) is 2.94. The van der Waals surface area contributed by atoms with Crippen LogP contribution in [0.2, 0.25) is 0 Å². The molecular formula is C20H22N2O5S. The molecule has 0 aliphatic heterocycles. The monoisotopic (exact) mass is 402 g/mol. The van der Waals surface area contributed by atoms with Crippen molar-refractivity contribution < 1.29 is 22.8 Å². The number of primary sulfonamides is 1. The zero-order valence-electron chi connectivity index (χ0n) is 15.6. The van der Waals surface area contributed by atoms with E-state index < -0.39 is 15.6 Å². The van der Waals surface area contributed by atoms with E-state index in [-0.39, 0.29) is 18.1 Å². The fraction of sp³-hybridized carbons (Fsp3) is 0.250. The number of hydrogen-bond donors (Lipinski definition) is 2. The van der Waals surface area contributed by atoms with E-state index in [1.807, 2.05) is 30.3 Å². The van der Waals surface area contributed by atoms with Crippen molar-refractivity contribution in [2.24, 2.45) is 5.14 Å². The van der Waals surface area contributed by atoms with Crippen LogP contribution in [-0.4, -0.2) is 30.9 Å². The second-order valence-electron chi connectivity index (χ2n) is 7.07. The largest absolute Gasteiger partial charge is 0.388 e. The van der Waals surface area contributed by atoms with Gasteiger partial charge < -0.3 is 14.4 Å². The Morgan fingerprint density at radius 2 is 1.71 bits per heavy atom. The van der Waals surface area contributed by atoms with E-state index in [0.29, 0.717) is 17.0 Å². The normalized spacial score (nSPS) is 12.3. The van der Waals surface area contributed by atoms with Crippen molar-refractivity contribution >= 4 is 10.0 Å². The fourth-order valence-corrected chi connectivity index (χ4v) is 3.23. The Morgan fingerprint density at radius 1 is 1.07 bits per heavy atom.